The van der Waals surface area contributed by atoms with Crippen LogP contribution >= 0.6 is 23.2 Å². The van der Waals surface area contributed by atoms with Crippen LogP contribution in [0.4, 0.5) is 8.78 Å². The van der Waals surface area contributed by atoms with Gasteiger partial charge in [-0.2, -0.15) is 13.9 Å². The third-order valence-electron chi connectivity index (χ3n) is 6.46. The van der Waals surface area contributed by atoms with Gasteiger partial charge in [0.25, 0.3) is 5.56 Å². The van der Waals surface area contributed by atoms with E-state index >= 15 is 0 Å². The first-order valence-electron chi connectivity index (χ1n) is 11.8. The standard InChI is InChI=1S/C28H21Cl2F2N3O3/c29-18-9-5-16(6-10-18)23-15-22(34-35(23)27(38)28(31,32)13-14-36)25-24(17-7-11-19(30)12-8-17)20-3-1-2-4-21(20)33-26(25)37/h1-12,23,36H,13-15H2,(H,33,37). The number of hydrogen-bond acceptors (Lipinski definition) is 4. The zero-order valence-corrected chi connectivity index (χ0v) is 21.3. The second-order valence-corrected chi connectivity index (χ2v) is 9.78. The van der Waals surface area contributed by atoms with E-state index in [0.717, 1.165) is 0 Å². The van der Waals surface area contributed by atoms with E-state index in [2.05, 4.69) is 10.1 Å². The molecule has 194 valence electrons. The number of amides is 1. The monoisotopic (exact) mass is 555 g/mol. The average molecular weight is 556 g/mol. The van der Waals surface area contributed by atoms with Crippen LogP contribution in [0.3, 0.4) is 0 Å². The van der Waals surface area contributed by atoms with Gasteiger partial charge in [-0.25, -0.2) is 5.01 Å². The lowest BCUT2D eigenvalue weighted by Crippen LogP contribution is -2.41. The van der Waals surface area contributed by atoms with Crippen molar-refractivity contribution in [3.8, 4) is 11.1 Å². The maximum absolute atomic E-state index is 14.7. The number of aliphatic hydroxyl groups is 1. The molecule has 0 radical (unpaired) electrons. The molecule has 0 spiro atoms. The predicted octanol–water partition coefficient (Wildman–Crippen LogP) is 6.20. The smallest absolute Gasteiger partial charge is 0.328 e. The second kappa shape index (κ2) is 10.3. The number of benzene rings is 3. The molecule has 1 aromatic heterocycles. The number of alkyl halides is 2. The number of aromatic nitrogens is 1. The number of aliphatic hydroxyl groups excluding tert-OH is 1. The van der Waals surface area contributed by atoms with Crippen molar-refractivity contribution in [3.05, 3.63) is 104 Å². The van der Waals surface area contributed by atoms with Crippen molar-refractivity contribution < 1.29 is 18.7 Å². The molecule has 38 heavy (non-hydrogen) atoms. The van der Waals surface area contributed by atoms with Crippen molar-refractivity contribution in [2.75, 3.05) is 6.61 Å². The molecule has 4 aromatic rings. The van der Waals surface area contributed by atoms with E-state index in [-0.39, 0.29) is 17.7 Å². The fraction of sp³-hybridized carbons (Fsp3) is 0.179. The maximum Gasteiger partial charge on any atom is 0.328 e. The van der Waals surface area contributed by atoms with Crippen LogP contribution in [0.1, 0.15) is 30.0 Å². The Morgan fingerprint density at radius 2 is 1.63 bits per heavy atom. The number of fused-ring (bicyclic) bond motifs is 1. The van der Waals surface area contributed by atoms with E-state index in [0.29, 0.717) is 42.6 Å². The number of carbonyl (C=O) groups is 1. The summed E-state index contributed by atoms with van der Waals surface area (Å²) in [6, 6.07) is 19.6. The van der Waals surface area contributed by atoms with Gasteiger partial charge in [-0.1, -0.05) is 65.7 Å². The highest BCUT2D eigenvalue weighted by Gasteiger charge is 2.47. The SMILES string of the molecule is O=C(N1N=C(c2c(-c3ccc(Cl)cc3)c3ccccc3[nH]c2=O)CC1c1ccc(Cl)cc1)C(F)(F)CCO. The lowest BCUT2D eigenvalue weighted by atomic mass is 9.91. The van der Waals surface area contributed by atoms with Crippen LogP contribution in [0.15, 0.2) is 82.7 Å². The number of H-pyrrole nitrogens is 1. The molecule has 0 saturated heterocycles. The molecule has 10 heteroatoms. The number of carbonyl (C=O) groups excluding carboxylic acids is 1. The Hall–Kier alpha value is -3.59. The van der Waals surface area contributed by atoms with Gasteiger partial charge in [0, 0.05) is 46.0 Å². The van der Waals surface area contributed by atoms with Crippen molar-refractivity contribution in [2.24, 2.45) is 5.10 Å². The lowest BCUT2D eigenvalue weighted by molar-refractivity contribution is -0.161. The molecular weight excluding hydrogens is 535 g/mol. The Morgan fingerprint density at radius 1 is 1.00 bits per heavy atom. The van der Waals surface area contributed by atoms with Crippen LogP contribution < -0.4 is 5.56 Å². The highest BCUT2D eigenvalue weighted by molar-refractivity contribution is 6.31. The van der Waals surface area contributed by atoms with Gasteiger partial charge in [0.2, 0.25) is 0 Å². The first-order chi connectivity index (χ1) is 18.2. The van der Waals surface area contributed by atoms with Gasteiger partial charge < -0.3 is 10.1 Å². The van der Waals surface area contributed by atoms with Crippen molar-refractivity contribution >= 4 is 45.7 Å². The van der Waals surface area contributed by atoms with Gasteiger partial charge in [-0.05, 0) is 41.5 Å². The number of aromatic amines is 1. The zero-order valence-electron chi connectivity index (χ0n) is 19.8. The van der Waals surface area contributed by atoms with E-state index < -0.39 is 36.5 Å². The highest BCUT2D eigenvalue weighted by Crippen LogP contribution is 2.39. The van der Waals surface area contributed by atoms with Crippen LogP contribution in [-0.4, -0.2) is 39.2 Å². The molecule has 2 N–H and O–H groups in total. The molecule has 2 heterocycles. The Morgan fingerprint density at radius 3 is 2.29 bits per heavy atom. The quantitative estimate of drug-likeness (QED) is 0.297. The third kappa shape index (κ3) is 4.82. The molecule has 1 unspecified atom stereocenters. The summed E-state index contributed by atoms with van der Waals surface area (Å²) in [4.78, 5) is 29.3. The number of rotatable bonds is 6. The summed E-state index contributed by atoms with van der Waals surface area (Å²) in [5.74, 6) is -5.42. The molecule has 0 saturated carbocycles. The molecule has 0 fully saturated rings. The number of hydrazone groups is 1. The van der Waals surface area contributed by atoms with Crippen molar-refractivity contribution in [1.29, 1.82) is 0 Å². The number of halogens is 4. The molecule has 5 rings (SSSR count). The Labute approximate surface area is 226 Å². The van der Waals surface area contributed by atoms with Crippen molar-refractivity contribution in [2.45, 2.75) is 24.8 Å². The maximum atomic E-state index is 14.7. The fourth-order valence-corrected chi connectivity index (χ4v) is 4.89. The molecule has 0 aliphatic carbocycles. The van der Waals surface area contributed by atoms with Crippen LogP contribution in [0, 0.1) is 0 Å². The number of hydrogen-bond donors (Lipinski definition) is 2. The summed E-state index contributed by atoms with van der Waals surface area (Å²) in [7, 11) is 0. The van der Waals surface area contributed by atoms with E-state index in [1.165, 1.54) is 0 Å². The first kappa shape index (κ1) is 26.0. The van der Waals surface area contributed by atoms with Gasteiger partial charge >= 0.3 is 11.8 Å². The van der Waals surface area contributed by atoms with Crippen molar-refractivity contribution in [1.82, 2.24) is 9.99 Å². The number of para-hydroxylation sites is 1. The van der Waals surface area contributed by atoms with E-state index in [1.807, 2.05) is 12.1 Å². The van der Waals surface area contributed by atoms with Gasteiger partial charge in [0.15, 0.2) is 0 Å². The van der Waals surface area contributed by atoms with Crippen LogP contribution in [-0.2, 0) is 4.79 Å². The van der Waals surface area contributed by atoms with Crippen LogP contribution in [0.25, 0.3) is 22.0 Å². The van der Waals surface area contributed by atoms with E-state index in [1.54, 1.807) is 60.7 Å². The largest absolute Gasteiger partial charge is 0.396 e. The van der Waals surface area contributed by atoms with Gasteiger partial charge in [0.1, 0.15) is 0 Å². The molecule has 3 aromatic carbocycles. The lowest BCUT2D eigenvalue weighted by Gasteiger charge is -2.25. The summed E-state index contributed by atoms with van der Waals surface area (Å²) in [5, 5.41) is 15.8. The molecular formula is C28H21Cl2F2N3O3. The summed E-state index contributed by atoms with van der Waals surface area (Å²) in [5.41, 5.74) is 2.20. The number of nitrogens with zero attached hydrogens (tertiary/aromatic N) is 2. The molecule has 6 nitrogen and oxygen atoms in total. The first-order valence-corrected chi connectivity index (χ1v) is 12.5. The molecule has 1 aliphatic rings. The minimum atomic E-state index is -3.85. The number of pyridine rings is 1. The van der Waals surface area contributed by atoms with E-state index in [9.17, 15) is 18.4 Å². The van der Waals surface area contributed by atoms with Crippen LogP contribution in [0.2, 0.25) is 10.0 Å². The molecule has 1 atom stereocenters. The van der Waals surface area contributed by atoms with Crippen LogP contribution in [0.5, 0.6) is 0 Å². The summed E-state index contributed by atoms with van der Waals surface area (Å²) in [6.45, 7) is -0.875. The van der Waals surface area contributed by atoms with Gasteiger partial charge in [-0.15, -0.1) is 0 Å². The highest BCUT2D eigenvalue weighted by atomic mass is 35.5. The van der Waals surface area contributed by atoms with Gasteiger partial charge in [-0.3, -0.25) is 9.59 Å². The summed E-state index contributed by atoms with van der Waals surface area (Å²) >= 11 is 12.1. The Bertz CT molecular complexity index is 1600. The summed E-state index contributed by atoms with van der Waals surface area (Å²) in [6.07, 6.45) is -1.04. The fourth-order valence-electron chi connectivity index (χ4n) is 4.64. The molecule has 1 aliphatic heterocycles. The van der Waals surface area contributed by atoms with Gasteiger partial charge in [0.05, 0.1) is 17.3 Å². The Kier molecular flexibility index (Phi) is 7.05. The topological polar surface area (TPSA) is 85.8 Å². The zero-order chi connectivity index (χ0) is 27.0. The molecule has 1 amide bonds. The second-order valence-electron chi connectivity index (χ2n) is 8.90. The number of nitrogens with one attached hydrogen (secondary N) is 1. The predicted molar refractivity (Wildman–Crippen MR) is 144 cm³/mol. The minimum absolute atomic E-state index is 0.00455. The Balaban J connectivity index is 1.72. The van der Waals surface area contributed by atoms with E-state index in [4.69, 9.17) is 28.3 Å². The average Bonchev–Trinajstić information content (AvgIpc) is 3.33. The minimum Gasteiger partial charge on any atom is -0.396 e. The summed E-state index contributed by atoms with van der Waals surface area (Å²) < 4.78 is 29.4. The normalized spacial score (nSPS) is 15.7. The third-order valence-corrected chi connectivity index (χ3v) is 6.96. The van der Waals surface area contributed by atoms with Crippen molar-refractivity contribution in [3.63, 3.8) is 0 Å². The molecule has 0 bridgehead atoms.